The first kappa shape index (κ1) is 20.2. The van der Waals surface area contributed by atoms with Gasteiger partial charge in [0, 0.05) is 54.6 Å². The fourth-order valence-corrected chi connectivity index (χ4v) is 3.85. The summed E-state index contributed by atoms with van der Waals surface area (Å²) in [6.07, 6.45) is 7.02. The SMILES string of the molecule is Cc1cc(-c2cnc(-c3cccnc3)nc2C2CCN(C(=O)C(C)(C)C)CC2)on1. The number of rotatable bonds is 3. The average Bonchev–Trinajstić information content (AvgIpc) is 3.19. The fraction of sp³-hybridized carbons (Fsp3) is 0.435. The summed E-state index contributed by atoms with van der Waals surface area (Å²) in [5.74, 6) is 1.73. The van der Waals surface area contributed by atoms with E-state index in [0.29, 0.717) is 11.6 Å². The van der Waals surface area contributed by atoms with Gasteiger partial charge in [-0.1, -0.05) is 25.9 Å². The molecule has 1 aliphatic rings. The van der Waals surface area contributed by atoms with E-state index in [1.54, 1.807) is 12.4 Å². The molecule has 156 valence electrons. The first-order valence-electron chi connectivity index (χ1n) is 10.3. The van der Waals surface area contributed by atoms with E-state index in [0.717, 1.165) is 48.4 Å². The van der Waals surface area contributed by atoms with Gasteiger partial charge in [0.15, 0.2) is 11.6 Å². The fourth-order valence-electron chi connectivity index (χ4n) is 3.85. The zero-order valence-electron chi connectivity index (χ0n) is 17.9. The van der Waals surface area contributed by atoms with Gasteiger partial charge >= 0.3 is 0 Å². The van der Waals surface area contributed by atoms with Gasteiger partial charge in [-0.2, -0.15) is 0 Å². The third kappa shape index (κ3) is 4.10. The molecule has 3 aromatic heterocycles. The molecule has 0 bridgehead atoms. The quantitative estimate of drug-likeness (QED) is 0.647. The number of nitrogens with zero attached hydrogens (tertiary/aromatic N) is 5. The van der Waals surface area contributed by atoms with Crippen LogP contribution in [0, 0.1) is 12.3 Å². The molecule has 0 aromatic carbocycles. The van der Waals surface area contributed by atoms with E-state index in [2.05, 4.69) is 15.1 Å². The summed E-state index contributed by atoms with van der Waals surface area (Å²) in [4.78, 5) is 28.3. The van der Waals surface area contributed by atoms with Gasteiger partial charge in [0.25, 0.3) is 0 Å². The van der Waals surface area contributed by atoms with Crippen molar-refractivity contribution in [1.82, 2.24) is 25.0 Å². The van der Waals surface area contributed by atoms with Crippen LogP contribution in [0.25, 0.3) is 22.7 Å². The van der Waals surface area contributed by atoms with Crippen molar-refractivity contribution in [1.29, 1.82) is 0 Å². The summed E-state index contributed by atoms with van der Waals surface area (Å²) >= 11 is 0. The summed E-state index contributed by atoms with van der Waals surface area (Å²) < 4.78 is 5.52. The van der Waals surface area contributed by atoms with E-state index in [1.807, 2.05) is 57.0 Å². The number of aromatic nitrogens is 4. The Balaban J connectivity index is 1.66. The lowest BCUT2D eigenvalue weighted by molar-refractivity contribution is -0.140. The zero-order chi connectivity index (χ0) is 21.3. The molecule has 1 fully saturated rings. The lowest BCUT2D eigenvalue weighted by atomic mass is 9.88. The van der Waals surface area contributed by atoms with Crippen molar-refractivity contribution in [2.24, 2.45) is 5.41 Å². The standard InChI is InChI=1S/C23H27N5O2/c1-15-12-19(30-27-15)18-14-25-21(17-6-5-9-24-13-17)26-20(18)16-7-10-28(11-8-16)22(29)23(2,3)4/h5-6,9,12-14,16H,7-8,10-11H2,1-4H3. The summed E-state index contributed by atoms with van der Waals surface area (Å²) in [5, 5.41) is 4.03. The Morgan fingerprint density at radius 1 is 1.20 bits per heavy atom. The molecule has 0 saturated carbocycles. The van der Waals surface area contributed by atoms with Gasteiger partial charge in [0.1, 0.15) is 0 Å². The molecule has 4 rings (SSSR count). The number of hydrogen-bond donors (Lipinski definition) is 0. The van der Waals surface area contributed by atoms with E-state index < -0.39 is 0 Å². The van der Waals surface area contributed by atoms with Crippen LogP contribution in [0.3, 0.4) is 0 Å². The third-order valence-electron chi connectivity index (χ3n) is 5.44. The van der Waals surface area contributed by atoms with Gasteiger partial charge in [0.2, 0.25) is 5.91 Å². The highest BCUT2D eigenvalue weighted by Gasteiger charge is 2.32. The van der Waals surface area contributed by atoms with Crippen LogP contribution >= 0.6 is 0 Å². The van der Waals surface area contributed by atoms with Gasteiger partial charge in [-0.3, -0.25) is 9.78 Å². The second kappa shape index (κ2) is 7.97. The van der Waals surface area contributed by atoms with E-state index in [-0.39, 0.29) is 17.2 Å². The summed E-state index contributed by atoms with van der Waals surface area (Å²) in [6, 6.07) is 5.74. The predicted molar refractivity (Wildman–Crippen MR) is 114 cm³/mol. The summed E-state index contributed by atoms with van der Waals surface area (Å²) in [5.41, 5.74) is 3.14. The maximum atomic E-state index is 12.7. The number of piperidine rings is 1. The summed E-state index contributed by atoms with van der Waals surface area (Å²) in [7, 11) is 0. The molecular formula is C23H27N5O2. The molecule has 0 aliphatic carbocycles. The van der Waals surface area contributed by atoms with Crippen LogP contribution in [0.5, 0.6) is 0 Å². The smallest absolute Gasteiger partial charge is 0.227 e. The van der Waals surface area contributed by atoms with Gasteiger partial charge < -0.3 is 9.42 Å². The van der Waals surface area contributed by atoms with Crippen molar-refractivity contribution < 1.29 is 9.32 Å². The lowest BCUT2D eigenvalue weighted by Crippen LogP contribution is -2.43. The molecule has 0 atom stereocenters. The summed E-state index contributed by atoms with van der Waals surface area (Å²) in [6.45, 7) is 9.25. The molecule has 1 aliphatic heterocycles. The molecule has 0 radical (unpaired) electrons. The number of pyridine rings is 1. The van der Waals surface area contributed by atoms with Crippen LogP contribution in [0.4, 0.5) is 0 Å². The van der Waals surface area contributed by atoms with Crippen molar-refractivity contribution in [3.63, 3.8) is 0 Å². The minimum absolute atomic E-state index is 0.200. The van der Waals surface area contributed by atoms with Crippen LogP contribution in [-0.2, 0) is 4.79 Å². The Morgan fingerprint density at radius 3 is 2.57 bits per heavy atom. The number of carbonyl (C=O) groups is 1. The molecule has 0 spiro atoms. The minimum Gasteiger partial charge on any atom is -0.356 e. The molecule has 30 heavy (non-hydrogen) atoms. The zero-order valence-corrected chi connectivity index (χ0v) is 17.9. The maximum absolute atomic E-state index is 12.7. The van der Waals surface area contributed by atoms with E-state index in [4.69, 9.17) is 9.51 Å². The van der Waals surface area contributed by atoms with E-state index >= 15 is 0 Å². The topological polar surface area (TPSA) is 85.0 Å². The Morgan fingerprint density at radius 2 is 1.97 bits per heavy atom. The Labute approximate surface area is 176 Å². The highest BCUT2D eigenvalue weighted by molar-refractivity contribution is 5.81. The molecule has 1 amide bonds. The number of aryl methyl sites for hydroxylation is 1. The number of hydrogen-bond acceptors (Lipinski definition) is 6. The Hall–Kier alpha value is -3.09. The predicted octanol–water partition coefficient (Wildman–Crippen LogP) is 4.25. The number of carbonyl (C=O) groups excluding carboxylic acids is 1. The molecule has 1 saturated heterocycles. The van der Waals surface area contributed by atoms with Gasteiger partial charge in [-0.05, 0) is 31.9 Å². The molecule has 3 aromatic rings. The van der Waals surface area contributed by atoms with Crippen LogP contribution in [0.15, 0.2) is 41.3 Å². The molecule has 0 unspecified atom stereocenters. The van der Waals surface area contributed by atoms with Crippen LogP contribution in [0.1, 0.15) is 50.9 Å². The molecule has 4 heterocycles. The van der Waals surface area contributed by atoms with E-state index in [1.165, 1.54) is 0 Å². The first-order chi connectivity index (χ1) is 14.3. The second-order valence-corrected chi connectivity index (χ2v) is 8.88. The maximum Gasteiger partial charge on any atom is 0.227 e. The molecule has 0 N–H and O–H groups in total. The third-order valence-corrected chi connectivity index (χ3v) is 5.44. The van der Waals surface area contributed by atoms with Crippen molar-refractivity contribution in [3.05, 3.63) is 48.2 Å². The van der Waals surface area contributed by atoms with Gasteiger partial charge in [0.05, 0.1) is 17.0 Å². The van der Waals surface area contributed by atoms with Gasteiger partial charge in [-0.25, -0.2) is 9.97 Å². The van der Waals surface area contributed by atoms with Crippen LogP contribution < -0.4 is 0 Å². The normalized spacial score (nSPS) is 15.4. The molecular weight excluding hydrogens is 378 g/mol. The second-order valence-electron chi connectivity index (χ2n) is 8.88. The Kier molecular flexibility index (Phi) is 5.37. The van der Waals surface area contributed by atoms with Crippen molar-refractivity contribution in [2.75, 3.05) is 13.1 Å². The highest BCUT2D eigenvalue weighted by atomic mass is 16.5. The number of amides is 1. The lowest BCUT2D eigenvalue weighted by Gasteiger charge is -2.36. The van der Waals surface area contributed by atoms with Crippen molar-refractivity contribution >= 4 is 5.91 Å². The Bertz CT molecular complexity index is 1030. The van der Waals surface area contributed by atoms with Crippen molar-refractivity contribution in [3.8, 4) is 22.7 Å². The van der Waals surface area contributed by atoms with Crippen LogP contribution in [-0.4, -0.2) is 44.0 Å². The van der Waals surface area contributed by atoms with Crippen LogP contribution in [0.2, 0.25) is 0 Å². The van der Waals surface area contributed by atoms with Crippen molar-refractivity contribution in [2.45, 2.75) is 46.5 Å². The molecule has 7 heteroatoms. The number of likely N-dealkylation sites (tertiary alicyclic amines) is 1. The monoisotopic (exact) mass is 405 g/mol. The highest BCUT2D eigenvalue weighted by Crippen LogP contribution is 2.36. The van der Waals surface area contributed by atoms with E-state index in [9.17, 15) is 4.79 Å². The average molecular weight is 406 g/mol. The van der Waals surface area contributed by atoms with Gasteiger partial charge in [-0.15, -0.1) is 0 Å². The first-order valence-corrected chi connectivity index (χ1v) is 10.3. The minimum atomic E-state index is -0.363. The molecule has 7 nitrogen and oxygen atoms in total. The largest absolute Gasteiger partial charge is 0.356 e.